The van der Waals surface area contributed by atoms with Crippen LogP contribution in [0.3, 0.4) is 0 Å². The standard InChI is InChI=1S/C18H19ClFN5O2/c1-18(27)4-2-3-13(14(18)26)24-17-12(20)8-23-16(25-17)11-7-22-15-10(11)5-9(19)6-21-15/h5-8,13-14,26-27H,2-4H2,1H3,(H,21,22)(H,23,24,25)/t13-,14-,18-/m0/s1. The van der Waals surface area contributed by atoms with Crippen molar-refractivity contribution < 1.29 is 14.6 Å². The van der Waals surface area contributed by atoms with E-state index in [0.717, 1.165) is 11.6 Å². The van der Waals surface area contributed by atoms with Crippen molar-refractivity contribution in [2.24, 2.45) is 0 Å². The first-order valence-corrected chi connectivity index (χ1v) is 9.05. The van der Waals surface area contributed by atoms with Crippen LogP contribution in [0.5, 0.6) is 0 Å². The Hall–Kier alpha value is -2.29. The van der Waals surface area contributed by atoms with E-state index in [9.17, 15) is 14.6 Å². The van der Waals surface area contributed by atoms with Crippen LogP contribution < -0.4 is 5.32 Å². The zero-order valence-electron chi connectivity index (χ0n) is 14.6. The van der Waals surface area contributed by atoms with E-state index < -0.39 is 23.6 Å². The number of pyridine rings is 1. The van der Waals surface area contributed by atoms with Crippen LogP contribution in [0.1, 0.15) is 26.2 Å². The molecule has 4 N–H and O–H groups in total. The lowest BCUT2D eigenvalue weighted by Gasteiger charge is -2.39. The van der Waals surface area contributed by atoms with Crippen LogP contribution in [0.15, 0.2) is 24.7 Å². The van der Waals surface area contributed by atoms with Crippen molar-refractivity contribution in [3.63, 3.8) is 0 Å². The van der Waals surface area contributed by atoms with Gasteiger partial charge in [-0.15, -0.1) is 0 Å². The summed E-state index contributed by atoms with van der Waals surface area (Å²) in [6.07, 6.45) is 5.07. The number of aliphatic hydroxyl groups excluding tert-OH is 1. The van der Waals surface area contributed by atoms with Gasteiger partial charge in [0.2, 0.25) is 0 Å². The highest BCUT2D eigenvalue weighted by molar-refractivity contribution is 6.31. The zero-order chi connectivity index (χ0) is 19.2. The monoisotopic (exact) mass is 391 g/mol. The van der Waals surface area contributed by atoms with Crippen molar-refractivity contribution in [1.82, 2.24) is 19.9 Å². The van der Waals surface area contributed by atoms with Gasteiger partial charge in [0.05, 0.1) is 22.9 Å². The van der Waals surface area contributed by atoms with Gasteiger partial charge in [0.15, 0.2) is 17.5 Å². The third-order valence-corrected chi connectivity index (χ3v) is 5.23. The Morgan fingerprint density at radius 3 is 3.00 bits per heavy atom. The first-order valence-electron chi connectivity index (χ1n) is 8.68. The van der Waals surface area contributed by atoms with E-state index in [2.05, 4.69) is 25.3 Å². The van der Waals surface area contributed by atoms with Crippen molar-refractivity contribution in [2.75, 3.05) is 5.32 Å². The molecular formula is C18H19ClFN5O2. The van der Waals surface area contributed by atoms with E-state index in [1.165, 1.54) is 6.20 Å². The molecule has 3 aromatic heterocycles. The van der Waals surface area contributed by atoms with Crippen LogP contribution in [0.4, 0.5) is 10.2 Å². The fraction of sp³-hybridized carbons (Fsp3) is 0.389. The Labute approximate surface area is 159 Å². The number of fused-ring (bicyclic) bond motifs is 1. The van der Waals surface area contributed by atoms with Crippen molar-refractivity contribution in [3.8, 4) is 11.4 Å². The van der Waals surface area contributed by atoms with Gasteiger partial charge in [0.1, 0.15) is 11.8 Å². The van der Waals surface area contributed by atoms with E-state index in [1.54, 1.807) is 19.2 Å². The Bertz CT molecular complexity index is 993. The lowest BCUT2D eigenvalue weighted by atomic mass is 9.80. The van der Waals surface area contributed by atoms with Gasteiger partial charge in [0, 0.05) is 23.3 Å². The van der Waals surface area contributed by atoms with Crippen LogP contribution in [0.25, 0.3) is 22.4 Å². The Morgan fingerprint density at radius 1 is 1.37 bits per heavy atom. The van der Waals surface area contributed by atoms with Gasteiger partial charge in [-0.05, 0) is 32.3 Å². The molecule has 9 heteroatoms. The van der Waals surface area contributed by atoms with Gasteiger partial charge in [-0.1, -0.05) is 11.6 Å². The molecule has 0 bridgehead atoms. The molecule has 142 valence electrons. The van der Waals surface area contributed by atoms with Gasteiger partial charge >= 0.3 is 0 Å². The third kappa shape index (κ3) is 3.36. The molecule has 3 heterocycles. The Kier molecular flexibility index (Phi) is 4.49. The number of nitrogens with one attached hydrogen (secondary N) is 2. The smallest absolute Gasteiger partial charge is 0.183 e. The minimum absolute atomic E-state index is 0.0221. The summed E-state index contributed by atoms with van der Waals surface area (Å²) in [4.78, 5) is 15.6. The van der Waals surface area contributed by atoms with Gasteiger partial charge in [-0.2, -0.15) is 0 Å². The van der Waals surface area contributed by atoms with Crippen LogP contribution in [0.2, 0.25) is 5.02 Å². The predicted molar refractivity (Wildman–Crippen MR) is 100.0 cm³/mol. The molecule has 1 aliphatic rings. The molecular weight excluding hydrogens is 373 g/mol. The van der Waals surface area contributed by atoms with E-state index >= 15 is 0 Å². The lowest BCUT2D eigenvalue weighted by Crippen LogP contribution is -2.53. The molecule has 1 fully saturated rings. The first-order chi connectivity index (χ1) is 12.8. The number of halogens is 2. The molecule has 0 spiro atoms. The Balaban J connectivity index is 1.68. The Morgan fingerprint density at radius 2 is 2.19 bits per heavy atom. The molecule has 0 amide bonds. The van der Waals surface area contributed by atoms with E-state index in [4.69, 9.17) is 11.6 Å². The second kappa shape index (κ2) is 6.70. The summed E-state index contributed by atoms with van der Waals surface area (Å²) in [6.45, 7) is 1.58. The maximum absolute atomic E-state index is 14.3. The lowest BCUT2D eigenvalue weighted by molar-refractivity contribution is -0.0919. The van der Waals surface area contributed by atoms with Crippen molar-refractivity contribution in [3.05, 3.63) is 35.5 Å². The highest BCUT2D eigenvalue weighted by Gasteiger charge is 2.40. The summed E-state index contributed by atoms with van der Waals surface area (Å²) in [6, 6.07) is 1.22. The zero-order valence-corrected chi connectivity index (χ0v) is 15.3. The first kappa shape index (κ1) is 18.1. The van der Waals surface area contributed by atoms with Crippen LogP contribution in [-0.2, 0) is 0 Å². The second-order valence-corrected chi connectivity index (χ2v) is 7.52. The number of hydrogen-bond donors (Lipinski definition) is 4. The van der Waals surface area contributed by atoms with E-state index in [1.807, 2.05) is 0 Å². The quantitative estimate of drug-likeness (QED) is 0.547. The average molecular weight is 392 g/mol. The molecule has 0 saturated heterocycles. The van der Waals surface area contributed by atoms with Gasteiger partial charge < -0.3 is 20.5 Å². The minimum atomic E-state index is -1.22. The number of aliphatic hydroxyl groups is 2. The fourth-order valence-corrected chi connectivity index (χ4v) is 3.66. The summed E-state index contributed by atoms with van der Waals surface area (Å²) in [5.74, 6) is -0.357. The SMILES string of the molecule is C[C@]1(O)CCC[C@H](Nc2nc(-c3c[nH]c4ncc(Cl)cc34)ncc2F)[C@@H]1O. The van der Waals surface area contributed by atoms with Crippen LogP contribution in [0, 0.1) is 5.82 Å². The summed E-state index contributed by atoms with van der Waals surface area (Å²) in [5, 5.41) is 24.8. The van der Waals surface area contributed by atoms with Crippen molar-refractivity contribution >= 4 is 28.5 Å². The maximum Gasteiger partial charge on any atom is 0.183 e. The van der Waals surface area contributed by atoms with Crippen LogP contribution in [-0.4, -0.2) is 47.9 Å². The van der Waals surface area contributed by atoms with Gasteiger partial charge in [-0.3, -0.25) is 0 Å². The number of aromatic amines is 1. The average Bonchev–Trinajstić information content (AvgIpc) is 3.04. The topological polar surface area (TPSA) is 107 Å². The summed E-state index contributed by atoms with van der Waals surface area (Å²) < 4.78 is 14.3. The second-order valence-electron chi connectivity index (χ2n) is 7.09. The summed E-state index contributed by atoms with van der Waals surface area (Å²) in [7, 11) is 0. The predicted octanol–water partition coefficient (Wildman–Crippen LogP) is 2.89. The van der Waals surface area contributed by atoms with Gasteiger partial charge in [-0.25, -0.2) is 19.3 Å². The minimum Gasteiger partial charge on any atom is -0.388 e. The third-order valence-electron chi connectivity index (χ3n) is 5.02. The number of nitrogens with zero attached hydrogens (tertiary/aromatic N) is 3. The molecule has 0 unspecified atom stereocenters. The summed E-state index contributed by atoms with van der Waals surface area (Å²) in [5.41, 5.74) is 0.0384. The normalized spacial score (nSPS) is 25.7. The molecule has 0 aromatic carbocycles. The van der Waals surface area contributed by atoms with Crippen molar-refractivity contribution in [2.45, 2.75) is 43.9 Å². The van der Waals surface area contributed by atoms with E-state index in [0.29, 0.717) is 41.3 Å². The molecule has 3 atom stereocenters. The fourth-order valence-electron chi connectivity index (χ4n) is 3.51. The molecule has 7 nitrogen and oxygen atoms in total. The molecule has 1 saturated carbocycles. The molecule has 27 heavy (non-hydrogen) atoms. The summed E-state index contributed by atoms with van der Waals surface area (Å²) >= 11 is 6.02. The highest BCUT2D eigenvalue weighted by atomic mass is 35.5. The molecule has 0 aliphatic heterocycles. The molecule has 3 aromatic rings. The number of anilines is 1. The maximum atomic E-state index is 14.3. The molecule has 0 radical (unpaired) electrons. The number of rotatable bonds is 3. The van der Waals surface area contributed by atoms with Crippen LogP contribution >= 0.6 is 11.6 Å². The van der Waals surface area contributed by atoms with Crippen molar-refractivity contribution in [1.29, 1.82) is 0 Å². The molecule has 1 aliphatic carbocycles. The van der Waals surface area contributed by atoms with E-state index in [-0.39, 0.29) is 5.82 Å². The number of H-pyrrole nitrogens is 1. The largest absolute Gasteiger partial charge is 0.388 e. The number of hydrogen-bond acceptors (Lipinski definition) is 6. The molecule has 4 rings (SSSR count). The number of aromatic nitrogens is 4. The van der Waals surface area contributed by atoms with Gasteiger partial charge in [0.25, 0.3) is 0 Å². The highest BCUT2D eigenvalue weighted by Crippen LogP contribution is 2.32.